The topological polar surface area (TPSA) is 84.2 Å². The van der Waals surface area contributed by atoms with E-state index in [0.717, 1.165) is 0 Å². The van der Waals surface area contributed by atoms with E-state index in [1.165, 1.54) is 0 Å². The van der Waals surface area contributed by atoms with Gasteiger partial charge in [0.2, 0.25) is 5.91 Å². The number of carboxylic acids is 1. The van der Waals surface area contributed by atoms with Gasteiger partial charge in [-0.2, -0.15) is 0 Å². The molecule has 2 N–H and O–H groups in total. The van der Waals surface area contributed by atoms with Crippen molar-refractivity contribution < 1.29 is 14.7 Å². The first-order valence-electron chi connectivity index (χ1n) is 6.54. The predicted octanol–water partition coefficient (Wildman–Crippen LogP) is 0.746. The molecule has 0 aromatic carbocycles. The molecule has 104 valence electrons. The number of hydrogen-bond acceptors (Lipinski definition) is 3. The van der Waals surface area contributed by atoms with Crippen LogP contribution in [0, 0.1) is 17.8 Å². The van der Waals surface area contributed by atoms with Crippen molar-refractivity contribution >= 4 is 11.9 Å². The number of nitrogens with zero attached hydrogens (tertiary/aromatic N) is 2. The van der Waals surface area contributed by atoms with Crippen LogP contribution in [0.25, 0.3) is 0 Å². The molecule has 1 aliphatic carbocycles. The van der Waals surface area contributed by atoms with Crippen LogP contribution in [0.15, 0.2) is 18.7 Å². The summed E-state index contributed by atoms with van der Waals surface area (Å²) in [6, 6.07) is 0. The number of carboxylic acid groups (broad SMARTS) is 1. The van der Waals surface area contributed by atoms with Crippen molar-refractivity contribution in [2.45, 2.75) is 26.3 Å². The first kappa shape index (κ1) is 13.6. The van der Waals surface area contributed by atoms with Crippen molar-refractivity contribution in [3.63, 3.8) is 0 Å². The molecule has 1 saturated carbocycles. The fraction of sp³-hybridized carbons (Fsp3) is 0.615. The summed E-state index contributed by atoms with van der Waals surface area (Å²) in [6.07, 6.45) is 6.44. The van der Waals surface area contributed by atoms with E-state index in [4.69, 9.17) is 5.11 Å². The second kappa shape index (κ2) is 5.86. The molecule has 1 fully saturated rings. The molecular weight excluding hydrogens is 246 g/mol. The van der Waals surface area contributed by atoms with Crippen LogP contribution >= 0.6 is 0 Å². The summed E-state index contributed by atoms with van der Waals surface area (Å²) < 4.78 is 1.87. The second-order valence-electron chi connectivity index (χ2n) is 5.22. The highest BCUT2D eigenvalue weighted by Gasteiger charge is 2.40. The molecule has 19 heavy (non-hydrogen) atoms. The molecule has 1 aromatic rings. The smallest absolute Gasteiger partial charge is 0.307 e. The lowest BCUT2D eigenvalue weighted by Gasteiger charge is -2.15. The fourth-order valence-electron chi connectivity index (χ4n) is 2.71. The standard InChI is InChI=1S/C13H19N3O3/c1-9-6-10(11(7-9)13(18)19)12(17)15-3-5-16-4-2-14-8-16/h2,4,8-11H,3,5-7H2,1H3,(H,15,17)(H,18,19). The average Bonchev–Trinajstić information content (AvgIpc) is 2.98. The lowest BCUT2D eigenvalue weighted by Crippen LogP contribution is -2.36. The Kier molecular flexibility index (Phi) is 4.19. The van der Waals surface area contributed by atoms with E-state index in [9.17, 15) is 9.59 Å². The number of aliphatic carboxylic acids is 1. The van der Waals surface area contributed by atoms with E-state index in [2.05, 4.69) is 10.3 Å². The Hall–Kier alpha value is -1.85. The van der Waals surface area contributed by atoms with E-state index in [1.807, 2.05) is 17.7 Å². The molecule has 0 aliphatic heterocycles. The normalized spacial score (nSPS) is 26.3. The zero-order valence-electron chi connectivity index (χ0n) is 11.0. The number of amides is 1. The van der Waals surface area contributed by atoms with Gasteiger partial charge in [0.05, 0.1) is 18.2 Å². The van der Waals surface area contributed by atoms with Gasteiger partial charge in [-0.25, -0.2) is 4.98 Å². The third kappa shape index (κ3) is 3.33. The maximum absolute atomic E-state index is 12.0. The van der Waals surface area contributed by atoms with E-state index in [-0.39, 0.29) is 5.91 Å². The van der Waals surface area contributed by atoms with Gasteiger partial charge in [-0.05, 0) is 18.8 Å². The molecule has 1 aromatic heterocycles. The molecule has 0 bridgehead atoms. The summed E-state index contributed by atoms with van der Waals surface area (Å²) in [5, 5.41) is 12.0. The van der Waals surface area contributed by atoms with Crippen LogP contribution in [0.2, 0.25) is 0 Å². The molecule has 0 spiro atoms. The van der Waals surface area contributed by atoms with Crippen molar-refractivity contribution in [1.29, 1.82) is 0 Å². The highest BCUT2D eigenvalue weighted by Crippen LogP contribution is 2.36. The maximum Gasteiger partial charge on any atom is 0.307 e. The highest BCUT2D eigenvalue weighted by atomic mass is 16.4. The molecule has 1 heterocycles. The number of carbonyl (C=O) groups excluding carboxylic acids is 1. The van der Waals surface area contributed by atoms with Crippen LogP contribution < -0.4 is 5.32 Å². The number of carbonyl (C=O) groups is 2. The third-order valence-electron chi connectivity index (χ3n) is 3.68. The molecule has 3 unspecified atom stereocenters. The Morgan fingerprint density at radius 2 is 2.16 bits per heavy atom. The van der Waals surface area contributed by atoms with Gasteiger partial charge in [-0.3, -0.25) is 9.59 Å². The fourth-order valence-corrected chi connectivity index (χ4v) is 2.71. The van der Waals surface area contributed by atoms with Crippen molar-refractivity contribution in [1.82, 2.24) is 14.9 Å². The van der Waals surface area contributed by atoms with Crippen molar-refractivity contribution in [2.24, 2.45) is 17.8 Å². The molecule has 1 amide bonds. The number of hydrogen-bond donors (Lipinski definition) is 2. The first-order valence-corrected chi connectivity index (χ1v) is 6.54. The lowest BCUT2D eigenvalue weighted by molar-refractivity contribution is -0.146. The molecule has 6 nitrogen and oxygen atoms in total. The molecule has 0 saturated heterocycles. The van der Waals surface area contributed by atoms with Crippen LogP contribution in [-0.4, -0.2) is 33.1 Å². The number of rotatable bonds is 5. The minimum atomic E-state index is -0.862. The van der Waals surface area contributed by atoms with Crippen molar-refractivity contribution in [3.05, 3.63) is 18.7 Å². The number of nitrogens with one attached hydrogen (secondary N) is 1. The van der Waals surface area contributed by atoms with Gasteiger partial charge in [0, 0.05) is 25.5 Å². The first-order chi connectivity index (χ1) is 9.08. The van der Waals surface area contributed by atoms with Crippen LogP contribution in [0.1, 0.15) is 19.8 Å². The Morgan fingerprint density at radius 1 is 1.42 bits per heavy atom. The minimum absolute atomic E-state index is 0.142. The summed E-state index contributed by atoms with van der Waals surface area (Å²) in [6.45, 7) is 3.13. The summed E-state index contributed by atoms with van der Waals surface area (Å²) in [7, 11) is 0. The van der Waals surface area contributed by atoms with Crippen molar-refractivity contribution in [2.75, 3.05) is 6.54 Å². The quantitative estimate of drug-likeness (QED) is 0.822. The van der Waals surface area contributed by atoms with E-state index in [1.54, 1.807) is 12.5 Å². The van der Waals surface area contributed by atoms with Gasteiger partial charge in [-0.1, -0.05) is 6.92 Å². The Bertz CT molecular complexity index is 444. The monoisotopic (exact) mass is 265 g/mol. The molecule has 3 atom stereocenters. The van der Waals surface area contributed by atoms with E-state index < -0.39 is 17.8 Å². The maximum atomic E-state index is 12.0. The number of imidazole rings is 1. The Labute approximate surface area is 111 Å². The van der Waals surface area contributed by atoms with E-state index >= 15 is 0 Å². The third-order valence-corrected chi connectivity index (χ3v) is 3.68. The Morgan fingerprint density at radius 3 is 2.79 bits per heavy atom. The molecular formula is C13H19N3O3. The van der Waals surface area contributed by atoms with Gasteiger partial charge < -0.3 is 15.0 Å². The molecule has 6 heteroatoms. The molecule has 0 radical (unpaired) electrons. The zero-order valence-corrected chi connectivity index (χ0v) is 11.0. The van der Waals surface area contributed by atoms with Crippen LogP contribution in [0.4, 0.5) is 0 Å². The summed E-state index contributed by atoms with van der Waals surface area (Å²) in [5.74, 6) is -1.64. The molecule has 1 aliphatic rings. The summed E-state index contributed by atoms with van der Waals surface area (Å²) in [5.41, 5.74) is 0. The van der Waals surface area contributed by atoms with Crippen LogP contribution in [0.5, 0.6) is 0 Å². The van der Waals surface area contributed by atoms with Gasteiger partial charge in [0.25, 0.3) is 0 Å². The van der Waals surface area contributed by atoms with Gasteiger partial charge >= 0.3 is 5.97 Å². The largest absolute Gasteiger partial charge is 0.481 e. The van der Waals surface area contributed by atoms with Crippen LogP contribution in [-0.2, 0) is 16.1 Å². The average molecular weight is 265 g/mol. The minimum Gasteiger partial charge on any atom is -0.481 e. The second-order valence-corrected chi connectivity index (χ2v) is 5.22. The summed E-state index contributed by atoms with van der Waals surface area (Å²) in [4.78, 5) is 27.1. The lowest BCUT2D eigenvalue weighted by atomic mass is 9.95. The Balaban J connectivity index is 1.83. The molecule has 2 rings (SSSR count). The van der Waals surface area contributed by atoms with E-state index in [0.29, 0.717) is 31.8 Å². The zero-order chi connectivity index (χ0) is 13.8. The van der Waals surface area contributed by atoms with Gasteiger partial charge in [0.15, 0.2) is 0 Å². The SMILES string of the molecule is CC1CC(C(=O)O)C(C(=O)NCCn2ccnc2)C1. The predicted molar refractivity (Wildman–Crippen MR) is 68.3 cm³/mol. The summed E-state index contributed by atoms with van der Waals surface area (Å²) >= 11 is 0. The number of aromatic nitrogens is 2. The van der Waals surface area contributed by atoms with Crippen LogP contribution in [0.3, 0.4) is 0 Å². The van der Waals surface area contributed by atoms with Crippen molar-refractivity contribution in [3.8, 4) is 0 Å². The van der Waals surface area contributed by atoms with Gasteiger partial charge in [0.1, 0.15) is 0 Å². The highest BCUT2D eigenvalue weighted by molar-refractivity contribution is 5.85. The van der Waals surface area contributed by atoms with Gasteiger partial charge in [-0.15, -0.1) is 0 Å².